The first kappa shape index (κ1) is 18.1. The predicted octanol–water partition coefficient (Wildman–Crippen LogP) is 2.73. The Hall–Kier alpha value is -1.91. The van der Waals surface area contributed by atoms with Gasteiger partial charge in [-0.1, -0.05) is 6.07 Å². The van der Waals surface area contributed by atoms with E-state index in [1.807, 2.05) is 19.1 Å². The van der Waals surface area contributed by atoms with E-state index in [0.717, 1.165) is 24.3 Å². The molecular formula is C17H29N3O2. The van der Waals surface area contributed by atoms with E-state index in [1.54, 1.807) is 7.11 Å². The maximum absolute atomic E-state index is 5.84. The van der Waals surface area contributed by atoms with E-state index < -0.39 is 0 Å². The summed E-state index contributed by atoms with van der Waals surface area (Å²) in [6.45, 7) is 9.46. The molecule has 124 valence electrons. The van der Waals surface area contributed by atoms with E-state index in [2.05, 4.69) is 37.1 Å². The summed E-state index contributed by atoms with van der Waals surface area (Å²) >= 11 is 0. The Labute approximate surface area is 133 Å². The summed E-state index contributed by atoms with van der Waals surface area (Å²) in [5.74, 6) is 2.05. The van der Waals surface area contributed by atoms with Crippen LogP contribution in [0.4, 0.5) is 0 Å². The minimum atomic E-state index is -0.0596. The monoisotopic (exact) mass is 307 g/mol. The van der Waals surface area contributed by atoms with Crippen LogP contribution in [0.2, 0.25) is 0 Å². The van der Waals surface area contributed by atoms with Crippen molar-refractivity contribution in [1.29, 1.82) is 0 Å². The van der Waals surface area contributed by atoms with E-state index in [4.69, 9.17) is 15.2 Å². The number of hydrogen-bond donors (Lipinski definition) is 2. The third-order valence-electron chi connectivity index (χ3n) is 2.94. The highest BCUT2D eigenvalue weighted by Crippen LogP contribution is 2.28. The van der Waals surface area contributed by atoms with E-state index in [0.29, 0.717) is 19.1 Å². The van der Waals surface area contributed by atoms with Crippen LogP contribution in [0.15, 0.2) is 23.2 Å². The van der Waals surface area contributed by atoms with Gasteiger partial charge in [0.05, 0.1) is 13.7 Å². The molecule has 3 N–H and O–H groups in total. The van der Waals surface area contributed by atoms with E-state index in [9.17, 15) is 0 Å². The number of nitrogens with zero attached hydrogens (tertiary/aromatic N) is 1. The van der Waals surface area contributed by atoms with Crippen molar-refractivity contribution in [3.8, 4) is 11.5 Å². The van der Waals surface area contributed by atoms with Gasteiger partial charge < -0.3 is 20.5 Å². The molecule has 0 fully saturated rings. The first-order valence-corrected chi connectivity index (χ1v) is 7.73. The van der Waals surface area contributed by atoms with Crippen LogP contribution in [0.5, 0.6) is 11.5 Å². The van der Waals surface area contributed by atoms with Crippen molar-refractivity contribution >= 4 is 5.96 Å². The van der Waals surface area contributed by atoms with Crippen molar-refractivity contribution in [2.24, 2.45) is 10.7 Å². The number of aliphatic imine (C=N–C) groups is 1. The first-order chi connectivity index (χ1) is 10.4. The van der Waals surface area contributed by atoms with Gasteiger partial charge in [-0.05, 0) is 58.2 Å². The number of guanidine groups is 1. The van der Waals surface area contributed by atoms with Crippen molar-refractivity contribution < 1.29 is 9.47 Å². The summed E-state index contributed by atoms with van der Waals surface area (Å²) in [6.07, 6.45) is 1.86. The van der Waals surface area contributed by atoms with Gasteiger partial charge in [-0.15, -0.1) is 0 Å². The minimum absolute atomic E-state index is 0.0596. The summed E-state index contributed by atoms with van der Waals surface area (Å²) in [6, 6.07) is 6.03. The van der Waals surface area contributed by atoms with Gasteiger partial charge in [0.2, 0.25) is 0 Å². The molecule has 0 atom stereocenters. The smallest absolute Gasteiger partial charge is 0.188 e. The molecule has 0 amide bonds. The Balaban J connectivity index is 2.51. The zero-order chi connectivity index (χ0) is 16.6. The van der Waals surface area contributed by atoms with Gasteiger partial charge in [0.25, 0.3) is 0 Å². The number of aryl methyl sites for hydroxylation is 1. The van der Waals surface area contributed by atoms with Crippen molar-refractivity contribution in [1.82, 2.24) is 5.32 Å². The van der Waals surface area contributed by atoms with Crippen LogP contribution < -0.4 is 20.5 Å². The third-order valence-corrected chi connectivity index (χ3v) is 2.94. The quantitative estimate of drug-likeness (QED) is 0.462. The molecule has 1 aromatic carbocycles. The Morgan fingerprint density at radius 1 is 1.27 bits per heavy atom. The lowest BCUT2D eigenvalue weighted by atomic mass is 10.1. The molecular weight excluding hydrogens is 278 g/mol. The molecule has 0 heterocycles. The number of hydrogen-bond acceptors (Lipinski definition) is 3. The standard InChI is InChI=1S/C17H29N3O2/c1-6-22-15-12-13(9-10-14(15)21-5)8-7-11-19-16(18)20-17(2,3)4/h9-10,12H,6-8,11H2,1-5H3,(H3,18,19,20). The van der Waals surface area contributed by atoms with Gasteiger partial charge in [-0.25, -0.2) is 0 Å². The molecule has 0 aliphatic heterocycles. The molecule has 5 nitrogen and oxygen atoms in total. The highest BCUT2D eigenvalue weighted by Gasteiger charge is 2.09. The second-order valence-electron chi connectivity index (χ2n) is 6.16. The topological polar surface area (TPSA) is 68.9 Å². The molecule has 0 radical (unpaired) electrons. The Morgan fingerprint density at radius 3 is 2.59 bits per heavy atom. The second kappa shape index (κ2) is 8.51. The molecule has 0 saturated heterocycles. The average molecular weight is 307 g/mol. The van der Waals surface area contributed by atoms with Crippen LogP contribution in [0, 0.1) is 0 Å². The fourth-order valence-corrected chi connectivity index (χ4v) is 2.05. The number of benzene rings is 1. The molecule has 0 saturated carbocycles. The van der Waals surface area contributed by atoms with E-state index in [-0.39, 0.29) is 5.54 Å². The minimum Gasteiger partial charge on any atom is -0.493 e. The highest BCUT2D eigenvalue weighted by molar-refractivity contribution is 5.78. The zero-order valence-electron chi connectivity index (χ0n) is 14.4. The largest absolute Gasteiger partial charge is 0.493 e. The molecule has 1 aromatic rings. The van der Waals surface area contributed by atoms with Gasteiger partial charge in [-0.2, -0.15) is 0 Å². The lowest BCUT2D eigenvalue weighted by molar-refractivity contribution is 0.310. The van der Waals surface area contributed by atoms with Crippen molar-refractivity contribution in [2.45, 2.75) is 46.1 Å². The molecule has 0 spiro atoms. The van der Waals surface area contributed by atoms with Crippen LogP contribution in [0.25, 0.3) is 0 Å². The number of rotatable bonds is 7. The van der Waals surface area contributed by atoms with Gasteiger partial charge in [0, 0.05) is 12.1 Å². The maximum Gasteiger partial charge on any atom is 0.188 e. The summed E-state index contributed by atoms with van der Waals surface area (Å²) in [7, 11) is 1.65. The summed E-state index contributed by atoms with van der Waals surface area (Å²) in [5.41, 5.74) is 6.99. The second-order valence-corrected chi connectivity index (χ2v) is 6.16. The predicted molar refractivity (Wildman–Crippen MR) is 91.9 cm³/mol. The van der Waals surface area contributed by atoms with Gasteiger partial charge in [0.1, 0.15) is 0 Å². The lowest BCUT2D eigenvalue weighted by Gasteiger charge is -2.20. The SMILES string of the molecule is CCOc1cc(CCCN=C(N)NC(C)(C)C)ccc1OC. The van der Waals surface area contributed by atoms with Crippen molar-refractivity contribution in [2.75, 3.05) is 20.3 Å². The van der Waals surface area contributed by atoms with Crippen LogP contribution in [0.3, 0.4) is 0 Å². The van der Waals surface area contributed by atoms with Crippen molar-refractivity contribution in [3.05, 3.63) is 23.8 Å². The summed E-state index contributed by atoms with van der Waals surface area (Å²) in [4.78, 5) is 4.34. The van der Waals surface area contributed by atoms with Crippen LogP contribution in [-0.2, 0) is 6.42 Å². The van der Waals surface area contributed by atoms with Crippen LogP contribution in [0.1, 0.15) is 39.7 Å². The van der Waals surface area contributed by atoms with E-state index >= 15 is 0 Å². The molecule has 0 aromatic heterocycles. The molecule has 0 unspecified atom stereocenters. The fourth-order valence-electron chi connectivity index (χ4n) is 2.05. The normalized spacial score (nSPS) is 12.1. The van der Waals surface area contributed by atoms with Crippen molar-refractivity contribution in [3.63, 3.8) is 0 Å². The molecule has 1 rings (SSSR count). The number of nitrogens with two attached hydrogens (primary N) is 1. The maximum atomic E-state index is 5.84. The number of methoxy groups -OCH3 is 1. The zero-order valence-corrected chi connectivity index (χ0v) is 14.4. The van der Waals surface area contributed by atoms with Gasteiger partial charge in [-0.3, -0.25) is 4.99 Å². The first-order valence-electron chi connectivity index (χ1n) is 7.73. The third kappa shape index (κ3) is 6.70. The molecule has 0 bridgehead atoms. The lowest BCUT2D eigenvalue weighted by Crippen LogP contribution is -2.45. The number of ether oxygens (including phenoxy) is 2. The number of nitrogens with one attached hydrogen (secondary N) is 1. The van der Waals surface area contributed by atoms with Gasteiger partial charge >= 0.3 is 0 Å². The molecule has 5 heteroatoms. The molecule has 22 heavy (non-hydrogen) atoms. The van der Waals surface area contributed by atoms with E-state index in [1.165, 1.54) is 5.56 Å². The fraction of sp³-hybridized carbons (Fsp3) is 0.588. The Morgan fingerprint density at radius 2 is 2.00 bits per heavy atom. The average Bonchev–Trinajstić information content (AvgIpc) is 2.42. The Bertz CT molecular complexity index is 493. The Kier molecular flexibility index (Phi) is 7.02. The summed E-state index contributed by atoms with van der Waals surface area (Å²) in [5, 5.41) is 3.15. The van der Waals surface area contributed by atoms with Crippen LogP contribution in [-0.4, -0.2) is 31.8 Å². The summed E-state index contributed by atoms with van der Waals surface area (Å²) < 4.78 is 10.9. The molecule has 0 aliphatic rings. The molecule has 0 aliphatic carbocycles. The van der Waals surface area contributed by atoms with Crippen LogP contribution >= 0.6 is 0 Å². The van der Waals surface area contributed by atoms with Gasteiger partial charge in [0.15, 0.2) is 17.5 Å². The highest BCUT2D eigenvalue weighted by atomic mass is 16.5.